The van der Waals surface area contributed by atoms with E-state index in [0.29, 0.717) is 12.2 Å². The minimum atomic E-state index is -0.684. The highest BCUT2D eigenvalue weighted by Crippen LogP contribution is 2.29. The molecule has 26 heavy (non-hydrogen) atoms. The summed E-state index contributed by atoms with van der Waals surface area (Å²) >= 11 is 1.81. The lowest BCUT2D eigenvalue weighted by Gasteiger charge is -2.24. The van der Waals surface area contributed by atoms with E-state index in [9.17, 15) is 9.90 Å². The number of hydrogen-bond donors (Lipinski definition) is 1. The molecule has 1 rings (SSSR count). The van der Waals surface area contributed by atoms with E-state index in [4.69, 9.17) is 0 Å². The Morgan fingerprint density at radius 2 is 1.73 bits per heavy atom. The van der Waals surface area contributed by atoms with Crippen LogP contribution in [0.2, 0.25) is 0 Å². The molecule has 2 nitrogen and oxygen atoms in total. The second-order valence-corrected chi connectivity index (χ2v) is 8.98. The Labute approximate surface area is 165 Å². The van der Waals surface area contributed by atoms with Gasteiger partial charge in [-0.2, -0.15) is 11.8 Å². The van der Waals surface area contributed by atoms with Crippen molar-refractivity contribution < 1.29 is 9.90 Å². The quantitative estimate of drug-likeness (QED) is 0.340. The fourth-order valence-electron chi connectivity index (χ4n) is 3.50. The van der Waals surface area contributed by atoms with Crippen LogP contribution >= 0.6 is 11.8 Å². The van der Waals surface area contributed by atoms with Gasteiger partial charge < -0.3 is 5.11 Å². The van der Waals surface area contributed by atoms with Crippen molar-refractivity contribution in [1.82, 2.24) is 0 Å². The fourth-order valence-corrected chi connectivity index (χ4v) is 4.73. The first-order chi connectivity index (χ1) is 12.5. The smallest absolute Gasteiger partial charge is 0.310 e. The standard InChI is InChI=1S/C23H38O2S/c1-4-6-13-20(12-5-2)14-10-11-17-26-19-23(3,22(24)25)18-21-15-8-7-9-16-21/h7-9,15-16,20H,4-6,10-14,17-19H2,1-3H3,(H,24,25). The molecule has 0 saturated carbocycles. The van der Waals surface area contributed by atoms with Gasteiger partial charge in [0.05, 0.1) is 5.41 Å². The molecular formula is C23H38O2S. The SMILES string of the molecule is CCCCC(CCC)CCCCSCC(C)(Cc1ccccc1)C(=O)O. The maximum Gasteiger partial charge on any atom is 0.310 e. The second kappa shape index (κ2) is 13.2. The molecule has 148 valence electrons. The third-order valence-corrected chi connectivity index (χ3v) is 6.61. The van der Waals surface area contributed by atoms with Crippen LogP contribution in [0.1, 0.15) is 77.7 Å². The Balaban J connectivity index is 2.31. The number of carboxylic acid groups (broad SMARTS) is 1. The summed E-state index contributed by atoms with van der Waals surface area (Å²) in [7, 11) is 0. The third kappa shape index (κ3) is 9.12. The summed E-state index contributed by atoms with van der Waals surface area (Å²) < 4.78 is 0. The number of rotatable bonds is 15. The molecule has 0 heterocycles. The van der Waals surface area contributed by atoms with Gasteiger partial charge in [0.25, 0.3) is 0 Å². The summed E-state index contributed by atoms with van der Waals surface area (Å²) in [6.45, 7) is 6.44. The van der Waals surface area contributed by atoms with Crippen LogP contribution in [0.25, 0.3) is 0 Å². The van der Waals surface area contributed by atoms with Gasteiger partial charge in [-0.05, 0) is 37.0 Å². The zero-order valence-electron chi connectivity index (χ0n) is 17.0. The number of thioether (sulfide) groups is 1. The first-order valence-electron chi connectivity index (χ1n) is 10.4. The van der Waals surface area contributed by atoms with Crippen LogP contribution in [0.3, 0.4) is 0 Å². The number of carbonyl (C=O) groups is 1. The molecular weight excluding hydrogens is 340 g/mol. The molecule has 1 N–H and O–H groups in total. The van der Waals surface area contributed by atoms with Gasteiger partial charge >= 0.3 is 5.97 Å². The zero-order chi connectivity index (χ0) is 19.3. The van der Waals surface area contributed by atoms with Gasteiger partial charge in [0.15, 0.2) is 0 Å². The lowest BCUT2D eigenvalue weighted by molar-refractivity contribution is -0.146. The molecule has 0 aromatic heterocycles. The van der Waals surface area contributed by atoms with Crippen molar-refractivity contribution >= 4 is 17.7 Å². The number of benzene rings is 1. The molecule has 1 aromatic carbocycles. The molecule has 3 heteroatoms. The van der Waals surface area contributed by atoms with Gasteiger partial charge in [-0.15, -0.1) is 0 Å². The summed E-state index contributed by atoms with van der Waals surface area (Å²) in [5.41, 5.74) is 0.425. The lowest BCUT2D eigenvalue weighted by Crippen LogP contribution is -2.32. The van der Waals surface area contributed by atoms with Crippen LogP contribution in [-0.4, -0.2) is 22.6 Å². The van der Waals surface area contributed by atoms with Crippen LogP contribution in [0.4, 0.5) is 0 Å². The van der Waals surface area contributed by atoms with Gasteiger partial charge in [-0.3, -0.25) is 4.79 Å². The monoisotopic (exact) mass is 378 g/mol. The predicted molar refractivity (Wildman–Crippen MR) is 115 cm³/mol. The van der Waals surface area contributed by atoms with Crippen molar-refractivity contribution in [3.63, 3.8) is 0 Å². The molecule has 1 aromatic rings. The zero-order valence-corrected chi connectivity index (χ0v) is 17.8. The van der Waals surface area contributed by atoms with E-state index in [1.807, 2.05) is 49.0 Å². The largest absolute Gasteiger partial charge is 0.481 e. The molecule has 0 aliphatic heterocycles. The van der Waals surface area contributed by atoms with E-state index < -0.39 is 11.4 Å². The molecule has 0 amide bonds. The highest BCUT2D eigenvalue weighted by atomic mass is 32.2. The van der Waals surface area contributed by atoms with E-state index in [1.54, 1.807) is 0 Å². The van der Waals surface area contributed by atoms with E-state index in [0.717, 1.165) is 17.2 Å². The third-order valence-electron chi connectivity index (χ3n) is 5.19. The van der Waals surface area contributed by atoms with Gasteiger partial charge in [0.1, 0.15) is 0 Å². The van der Waals surface area contributed by atoms with Gasteiger partial charge in [0.2, 0.25) is 0 Å². The van der Waals surface area contributed by atoms with E-state index in [2.05, 4.69) is 13.8 Å². The number of unbranched alkanes of at least 4 members (excludes halogenated alkanes) is 2. The maximum atomic E-state index is 11.8. The molecule has 0 fully saturated rings. The van der Waals surface area contributed by atoms with Crippen molar-refractivity contribution in [2.75, 3.05) is 11.5 Å². The van der Waals surface area contributed by atoms with E-state index in [-0.39, 0.29) is 0 Å². The summed E-state index contributed by atoms with van der Waals surface area (Å²) in [6, 6.07) is 9.99. The molecule has 2 unspecified atom stereocenters. The maximum absolute atomic E-state index is 11.8. The average Bonchev–Trinajstić information content (AvgIpc) is 2.63. The molecule has 0 spiro atoms. The van der Waals surface area contributed by atoms with Crippen LogP contribution in [0.5, 0.6) is 0 Å². The van der Waals surface area contributed by atoms with Crippen molar-refractivity contribution in [2.24, 2.45) is 11.3 Å². The van der Waals surface area contributed by atoms with Crippen LogP contribution < -0.4 is 0 Å². The topological polar surface area (TPSA) is 37.3 Å². The first-order valence-corrected chi connectivity index (χ1v) is 11.5. The fraction of sp³-hybridized carbons (Fsp3) is 0.696. The van der Waals surface area contributed by atoms with Crippen LogP contribution in [-0.2, 0) is 11.2 Å². The lowest BCUT2D eigenvalue weighted by atomic mass is 9.86. The Kier molecular flexibility index (Phi) is 11.8. The summed E-state index contributed by atoms with van der Waals surface area (Å²) in [5, 5.41) is 9.70. The molecule has 2 atom stereocenters. The van der Waals surface area contributed by atoms with Crippen molar-refractivity contribution in [2.45, 2.75) is 78.6 Å². The van der Waals surface area contributed by atoms with Crippen LogP contribution in [0, 0.1) is 11.3 Å². The number of carboxylic acids is 1. The predicted octanol–water partition coefficient (Wildman–Crippen LogP) is 6.83. The second-order valence-electron chi connectivity index (χ2n) is 7.87. The normalized spacial score (nSPS) is 14.7. The highest BCUT2D eigenvalue weighted by Gasteiger charge is 2.33. The van der Waals surface area contributed by atoms with Crippen LogP contribution in [0.15, 0.2) is 30.3 Å². The van der Waals surface area contributed by atoms with E-state index in [1.165, 1.54) is 51.4 Å². The Morgan fingerprint density at radius 3 is 2.35 bits per heavy atom. The highest BCUT2D eigenvalue weighted by molar-refractivity contribution is 7.99. The summed E-state index contributed by atoms with van der Waals surface area (Å²) in [4.78, 5) is 11.8. The Bertz CT molecular complexity index is 488. The Hall–Kier alpha value is -0.960. The van der Waals surface area contributed by atoms with Crippen molar-refractivity contribution in [3.05, 3.63) is 35.9 Å². The minimum absolute atomic E-state index is 0.603. The molecule has 0 aliphatic rings. The van der Waals surface area contributed by atoms with E-state index >= 15 is 0 Å². The molecule has 0 saturated heterocycles. The molecule has 0 radical (unpaired) electrons. The molecule has 0 bridgehead atoms. The van der Waals surface area contributed by atoms with Gasteiger partial charge in [-0.25, -0.2) is 0 Å². The van der Waals surface area contributed by atoms with Gasteiger partial charge in [0, 0.05) is 5.75 Å². The number of hydrogen-bond acceptors (Lipinski definition) is 2. The van der Waals surface area contributed by atoms with Crippen molar-refractivity contribution in [1.29, 1.82) is 0 Å². The molecule has 0 aliphatic carbocycles. The van der Waals surface area contributed by atoms with Crippen molar-refractivity contribution in [3.8, 4) is 0 Å². The first kappa shape index (κ1) is 23.1. The van der Waals surface area contributed by atoms with Gasteiger partial charge in [-0.1, -0.05) is 89.1 Å². The summed E-state index contributed by atoms with van der Waals surface area (Å²) in [5.74, 6) is 1.97. The summed E-state index contributed by atoms with van der Waals surface area (Å²) in [6.07, 6.45) is 11.1. The average molecular weight is 379 g/mol. The Morgan fingerprint density at radius 1 is 1.04 bits per heavy atom. The number of aliphatic carboxylic acids is 1. The minimum Gasteiger partial charge on any atom is -0.481 e.